The van der Waals surface area contributed by atoms with Crippen molar-refractivity contribution in [3.8, 4) is 0 Å². The number of unbranched alkanes of at least 4 members (excludes halogenated alkanes) is 54. The highest BCUT2D eigenvalue weighted by Gasteiger charge is 2.20. The van der Waals surface area contributed by atoms with Gasteiger partial charge in [-0.25, -0.2) is 0 Å². The summed E-state index contributed by atoms with van der Waals surface area (Å²) in [5.41, 5.74) is 0. The Labute approximate surface area is 482 Å². The Kier molecular flexibility index (Phi) is 65.9. The summed E-state index contributed by atoms with van der Waals surface area (Å²) < 4.78 is 5.50. The number of hydrogen-bond acceptors (Lipinski definition) is 5. The van der Waals surface area contributed by atoms with E-state index in [1.54, 1.807) is 0 Å². The predicted molar refractivity (Wildman–Crippen MR) is 338 cm³/mol. The lowest BCUT2D eigenvalue weighted by Crippen LogP contribution is -2.45. The molecular weight excluding hydrogens is 947 g/mol. The van der Waals surface area contributed by atoms with Crippen LogP contribution in [0.2, 0.25) is 0 Å². The standard InChI is InChI=1S/C71H139NO5/c1-3-5-7-9-11-13-15-17-19-21-23-24-25-28-31-35-39-43-47-51-55-59-63-69(74)68(67-73)72-70(75)64-60-56-52-48-44-40-36-32-29-26-27-30-34-38-42-46-50-54-58-62-66-77-71(76)65-61-57-53-49-45-41-37-33-22-20-18-16-14-12-10-8-6-4-2/h26,29,68-69,73-74H,3-25,27-28,30-67H2,1-2H3,(H,72,75)/b29-26-. The molecule has 0 aliphatic rings. The number of carbonyl (C=O) groups excluding carboxylic acids is 2. The average Bonchev–Trinajstić information content (AvgIpc) is 3.43. The van der Waals surface area contributed by atoms with Gasteiger partial charge < -0.3 is 20.3 Å². The van der Waals surface area contributed by atoms with Gasteiger partial charge in [0.1, 0.15) is 0 Å². The third-order valence-electron chi connectivity index (χ3n) is 16.8. The molecule has 0 saturated heterocycles. The average molecular weight is 1090 g/mol. The third kappa shape index (κ3) is 63.6. The van der Waals surface area contributed by atoms with Gasteiger partial charge in [-0.2, -0.15) is 0 Å². The first-order valence-corrected chi connectivity index (χ1v) is 35.4. The van der Waals surface area contributed by atoms with Crippen LogP contribution in [0.5, 0.6) is 0 Å². The molecule has 77 heavy (non-hydrogen) atoms. The van der Waals surface area contributed by atoms with Gasteiger partial charge in [0.2, 0.25) is 5.91 Å². The topological polar surface area (TPSA) is 95.9 Å². The fourth-order valence-electron chi connectivity index (χ4n) is 11.4. The van der Waals surface area contributed by atoms with Crippen molar-refractivity contribution in [2.75, 3.05) is 13.2 Å². The first-order chi connectivity index (χ1) is 38.0. The van der Waals surface area contributed by atoms with Crippen LogP contribution in [0.3, 0.4) is 0 Å². The molecule has 0 saturated carbocycles. The molecule has 0 aromatic rings. The molecule has 0 aliphatic heterocycles. The molecule has 0 heterocycles. The molecule has 0 aliphatic carbocycles. The van der Waals surface area contributed by atoms with Crippen molar-refractivity contribution in [3.05, 3.63) is 12.2 Å². The molecule has 0 radical (unpaired) electrons. The van der Waals surface area contributed by atoms with Crippen LogP contribution >= 0.6 is 0 Å². The van der Waals surface area contributed by atoms with E-state index in [1.807, 2.05) is 0 Å². The van der Waals surface area contributed by atoms with Crippen molar-refractivity contribution in [2.45, 2.75) is 418 Å². The minimum Gasteiger partial charge on any atom is -0.466 e. The highest BCUT2D eigenvalue weighted by Crippen LogP contribution is 2.19. The predicted octanol–water partition coefficient (Wildman–Crippen LogP) is 22.8. The van der Waals surface area contributed by atoms with Crippen LogP contribution in [0.1, 0.15) is 406 Å². The maximum absolute atomic E-state index is 12.5. The minimum atomic E-state index is -0.671. The Morgan fingerprint density at radius 3 is 0.922 bits per heavy atom. The van der Waals surface area contributed by atoms with Crippen LogP contribution in [-0.2, 0) is 14.3 Å². The Morgan fingerprint density at radius 2 is 0.610 bits per heavy atom. The van der Waals surface area contributed by atoms with Crippen molar-refractivity contribution in [2.24, 2.45) is 0 Å². The molecule has 0 rings (SSSR count). The smallest absolute Gasteiger partial charge is 0.305 e. The van der Waals surface area contributed by atoms with Gasteiger partial charge in [0, 0.05) is 12.8 Å². The Bertz CT molecular complexity index is 1160. The molecule has 458 valence electrons. The van der Waals surface area contributed by atoms with Crippen molar-refractivity contribution in [3.63, 3.8) is 0 Å². The second-order valence-electron chi connectivity index (χ2n) is 24.6. The van der Waals surface area contributed by atoms with Gasteiger partial charge in [0.15, 0.2) is 0 Å². The molecular formula is C71H139NO5. The van der Waals surface area contributed by atoms with Gasteiger partial charge in [-0.1, -0.05) is 353 Å². The van der Waals surface area contributed by atoms with E-state index in [4.69, 9.17) is 4.74 Å². The number of aliphatic hydroxyl groups excluding tert-OH is 2. The van der Waals surface area contributed by atoms with E-state index in [-0.39, 0.29) is 18.5 Å². The summed E-state index contributed by atoms with van der Waals surface area (Å²) in [5.74, 6) is -0.0266. The van der Waals surface area contributed by atoms with E-state index in [9.17, 15) is 19.8 Å². The maximum atomic E-state index is 12.5. The molecule has 2 unspecified atom stereocenters. The van der Waals surface area contributed by atoms with Crippen LogP contribution in [-0.4, -0.2) is 47.4 Å². The van der Waals surface area contributed by atoms with E-state index in [0.717, 1.165) is 38.5 Å². The van der Waals surface area contributed by atoms with Crippen molar-refractivity contribution in [1.29, 1.82) is 0 Å². The Hall–Kier alpha value is -1.40. The number of carbonyl (C=O) groups is 2. The number of esters is 1. The molecule has 6 heteroatoms. The highest BCUT2D eigenvalue weighted by molar-refractivity contribution is 5.76. The summed E-state index contributed by atoms with van der Waals surface area (Å²) in [5, 5.41) is 23.4. The van der Waals surface area contributed by atoms with Crippen LogP contribution in [0.15, 0.2) is 12.2 Å². The first-order valence-electron chi connectivity index (χ1n) is 35.4. The number of rotatable bonds is 67. The zero-order chi connectivity index (χ0) is 55.7. The molecule has 0 fully saturated rings. The van der Waals surface area contributed by atoms with Gasteiger partial charge in [0.05, 0.1) is 25.4 Å². The van der Waals surface area contributed by atoms with Crippen LogP contribution in [0, 0.1) is 0 Å². The molecule has 0 aromatic heterocycles. The number of ether oxygens (including phenoxy) is 1. The summed E-state index contributed by atoms with van der Waals surface area (Å²) in [4.78, 5) is 24.7. The van der Waals surface area contributed by atoms with E-state index in [0.29, 0.717) is 25.9 Å². The van der Waals surface area contributed by atoms with Crippen LogP contribution in [0.25, 0.3) is 0 Å². The Morgan fingerprint density at radius 1 is 0.351 bits per heavy atom. The first kappa shape index (κ1) is 75.6. The third-order valence-corrected chi connectivity index (χ3v) is 16.8. The monoisotopic (exact) mass is 1090 g/mol. The highest BCUT2D eigenvalue weighted by atomic mass is 16.5. The number of aliphatic hydroxyl groups is 2. The zero-order valence-corrected chi connectivity index (χ0v) is 52.5. The molecule has 0 aromatic carbocycles. The van der Waals surface area contributed by atoms with E-state index >= 15 is 0 Å². The second kappa shape index (κ2) is 67.1. The maximum Gasteiger partial charge on any atom is 0.305 e. The lowest BCUT2D eigenvalue weighted by atomic mass is 10.0. The lowest BCUT2D eigenvalue weighted by Gasteiger charge is -2.22. The van der Waals surface area contributed by atoms with Gasteiger partial charge in [-0.3, -0.25) is 9.59 Å². The molecule has 0 bridgehead atoms. The van der Waals surface area contributed by atoms with Crippen molar-refractivity contribution in [1.82, 2.24) is 5.32 Å². The van der Waals surface area contributed by atoms with Gasteiger partial charge >= 0.3 is 5.97 Å². The molecule has 6 nitrogen and oxygen atoms in total. The van der Waals surface area contributed by atoms with Gasteiger partial charge in [0.25, 0.3) is 0 Å². The summed E-state index contributed by atoms with van der Waals surface area (Å²) in [6.45, 7) is 4.99. The van der Waals surface area contributed by atoms with Gasteiger partial charge in [-0.15, -0.1) is 0 Å². The summed E-state index contributed by atoms with van der Waals surface area (Å²) in [6.07, 6.45) is 82.5. The summed E-state index contributed by atoms with van der Waals surface area (Å²) >= 11 is 0. The zero-order valence-electron chi connectivity index (χ0n) is 52.5. The SMILES string of the molecule is CCCCCCCCCCCCCCCCCCCCCCCCC(O)C(CO)NC(=O)CCCCCCCCC/C=C\CCCCCCCCCCCOC(=O)CCCCCCCCCCCCCCCCCCCC. The largest absolute Gasteiger partial charge is 0.466 e. The molecule has 2 atom stereocenters. The number of nitrogens with one attached hydrogen (secondary N) is 1. The minimum absolute atomic E-state index is 0.0120. The van der Waals surface area contributed by atoms with Gasteiger partial charge in [-0.05, 0) is 51.4 Å². The fraction of sp³-hybridized carbons (Fsp3) is 0.944. The second-order valence-corrected chi connectivity index (χ2v) is 24.6. The number of amides is 1. The fourth-order valence-corrected chi connectivity index (χ4v) is 11.4. The van der Waals surface area contributed by atoms with E-state index < -0.39 is 12.1 Å². The van der Waals surface area contributed by atoms with Crippen LogP contribution in [0.4, 0.5) is 0 Å². The number of allylic oxidation sites excluding steroid dienone is 2. The summed E-state index contributed by atoms with van der Waals surface area (Å²) in [6, 6.07) is -0.548. The van der Waals surface area contributed by atoms with E-state index in [2.05, 4.69) is 31.3 Å². The number of hydrogen-bond donors (Lipinski definition) is 3. The quantitative estimate of drug-likeness (QED) is 0.0320. The van der Waals surface area contributed by atoms with E-state index in [1.165, 1.54) is 334 Å². The Balaban J connectivity index is 3.40. The van der Waals surface area contributed by atoms with Crippen molar-refractivity contribution >= 4 is 11.9 Å². The van der Waals surface area contributed by atoms with Crippen molar-refractivity contribution < 1.29 is 24.5 Å². The molecule has 1 amide bonds. The van der Waals surface area contributed by atoms with Crippen LogP contribution < -0.4 is 5.32 Å². The molecule has 0 spiro atoms. The normalized spacial score (nSPS) is 12.5. The summed E-state index contributed by atoms with van der Waals surface area (Å²) in [7, 11) is 0. The lowest BCUT2D eigenvalue weighted by molar-refractivity contribution is -0.143. The molecule has 3 N–H and O–H groups in total.